The molecule has 0 bridgehead atoms. The van der Waals surface area contributed by atoms with Crippen LogP contribution in [0, 0.1) is 5.95 Å². The number of ether oxygens (including phenoxy) is 1. The lowest BCUT2D eigenvalue weighted by Gasteiger charge is -2.15. The first-order valence-electron chi connectivity index (χ1n) is 5.46. The molecular formula is C9H18BFN2O3Si. The summed E-state index contributed by atoms with van der Waals surface area (Å²) in [5.41, 5.74) is -0.237. The fraction of sp³-hybridized carbons (Fsp3) is 0.667. The van der Waals surface area contributed by atoms with Crippen molar-refractivity contribution in [1.29, 1.82) is 0 Å². The van der Waals surface area contributed by atoms with E-state index in [9.17, 15) is 4.39 Å². The number of rotatable bonds is 6. The molecule has 96 valence electrons. The first-order chi connectivity index (χ1) is 7.81. The Balaban J connectivity index is 2.43. The van der Waals surface area contributed by atoms with Crippen LogP contribution in [0.5, 0.6) is 0 Å². The zero-order chi connectivity index (χ0) is 13.1. The normalized spacial score (nSPS) is 11.9. The summed E-state index contributed by atoms with van der Waals surface area (Å²) in [5, 5.41) is 21.3. The van der Waals surface area contributed by atoms with Crippen LogP contribution >= 0.6 is 0 Å². The molecule has 0 aromatic carbocycles. The first kappa shape index (κ1) is 14.4. The Morgan fingerprint density at radius 1 is 1.47 bits per heavy atom. The standard InChI is InChI=1S/C9H18BFN2O3Si/c1-17(2,3)5-4-16-7-13-9(11)8(6-12-13)10(14)15/h6,14-15H,4-5,7H2,1-3H3. The minimum absolute atomic E-state index is 0.0109. The third-order valence-electron chi connectivity index (χ3n) is 2.29. The maximum Gasteiger partial charge on any atom is 0.494 e. The van der Waals surface area contributed by atoms with Gasteiger partial charge < -0.3 is 14.8 Å². The van der Waals surface area contributed by atoms with E-state index < -0.39 is 21.1 Å². The summed E-state index contributed by atoms with van der Waals surface area (Å²) in [5.74, 6) is -0.770. The van der Waals surface area contributed by atoms with Crippen molar-refractivity contribution in [3.05, 3.63) is 12.1 Å². The Kier molecular flexibility index (Phi) is 4.87. The van der Waals surface area contributed by atoms with Crippen molar-refractivity contribution in [3.8, 4) is 0 Å². The molecule has 0 saturated carbocycles. The molecule has 2 N–H and O–H groups in total. The maximum atomic E-state index is 13.5. The molecule has 0 atom stereocenters. The van der Waals surface area contributed by atoms with Gasteiger partial charge in [-0.1, -0.05) is 19.6 Å². The molecule has 1 aromatic heterocycles. The number of hydrogen-bond donors (Lipinski definition) is 2. The van der Waals surface area contributed by atoms with E-state index in [-0.39, 0.29) is 12.2 Å². The summed E-state index contributed by atoms with van der Waals surface area (Å²) < 4.78 is 19.7. The van der Waals surface area contributed by atoms with Crippen molar-refractivity contribution in [2.24, 2.45) is 0 Å². The molecule has 0 aliphatic rings. The summed E-state index contributed by atoms with van der Waals surface area (Å²) >= 11 is 0. The number of hydrogen-bond acceptors (Lipinski definition) is 4. The average molecular weight is 260 g/mol. The van der Waals surface area contributed by atoms with Crippen molar-refractivity contribution in [2.75, 3.05) is 6.61 Å². The van der Waals surface area contributed by atoms with E-state index in [1.165, 1.54) is 0 Å². The van der Waals surface area contributed by atoms with Gasteiger partial charge in [0.05, 0.1) is 11.7 Å². The van der Waals surface area contributed by atoms with Crippen LogP contribution in [0.25, 0.3) is 0 Å². The highest BCUT2D eigenvalue weighted by atomic mass is 28.3. The van der Waals surface area contributed by atoms with Gasteiger partial charge in [-0.05, 0) is 6.04 Å². The third kappa shape index (κ3) is 4.58. The highest BCUT2D eigenvalue weighted by molar-refractivity contribution is 6.76. The smallest absolute Gasteiger partial charge is 0.423 e. The third-order valence-corrected chi connectivity index (χ3v) is 3.99. The van der Waals surface area contributed by atoms with E-state index in [1.807, 2.05) is 0 Å². The van der Waals surface area contributed by atoms with Gasteiger partial charge in [0.15, 0.2) is 0 Å². The van der Waals surface area contributed by atoms with Crippen LogP contribution < -0.4 is 5.46 Å². The molecule has 1 heterocycles. The zero-order valence-corrected chi connectivity index (χ0v) is 11.4. The molecule has 17 heavy (non-hydrogen) atoms. The number of aromatic nitrogens is 2. The molecular weight excluding hydrogens is 242 g/mol. The Morgan fingerprint density at radius 2 is 2.12 bits per heavy atom. The highest BCUT2D eigenvalue weighted by Gasteiger charge is 2.21. The van der Waals surface area contributed by atoms with Gasteiger partial charge in [-0.15, -0.1) is 0 Å². The summed E-state index contributed by atoms with van der Waals surface area (Å²) in [6.07, 6.45) is 1.09. The minimum Gasteiger partial charge on any atom is -0.423 e. The van der Waals surface area contributed by atoms with Gasteiger partial charge in [0, 0.05) is 14.7 Å². The Labute approximate surface area is 101 Å². The second kappa shape index (κ2) is 5.76. The molecule has 0 aliphatic heterocycles. The minimum atomic E-state index is -1.84. The van der Waals surface area contributed by atoms with Gasteiger partial charge in [0.1, 0.15) is 6.73 Å². The van der Waals surface area contributed by atoms with Crippen molar-refractivity contribution in [1.82, 2.24) is 9.78 Å². The largest absolute Gasteiger partial charge is 0.494 e. The van der Waals surface area contributed by atoms with Crippen molar-refractivity contribution >= 4 is 20.7 Å². The topological polar surface area (TPSA) is 67.5 Å². The Hall–Kier alpha value is -0.698. The van der Waals surface area contributed by atoms with E-state index >= 15 is 0 Å². The van der Waals surface area contributed by atoms with Crippen LogP contribution in [0.1, 0.15) is 0 Å². The van der Waals surface area contributed by atoms with Crippen LogP contribution in [-0.2, 0) is 11.5 Å². The first-order valence-corrected chi connectivity index (χ1v) is 9.17. The molecule has 0 amide bonds. The molecule has 1 aromatic rings. The summed E-state index contributed by atoms with van der Waals surface area (Å²) in [6, 6.07) is 0.991. The van der Waals surface area contributed by atoms with Crippen molar-refractivity contribution in [3.63, 3.8) is 0 Å². The van der Waals surface area contributed by atoms with Crippen LogP contribution in [0.4, 0.5) is 4.39 Å². The predicted octanol–water partition coefficient (Wildman–Crippen LogP) is 0.0143. The lowest BCUT2D eigenvalue weighted by Crippen LogP contribution is -2.32. The Morgan fingerprint density at radius 3 is 2.59 bits per heavy atom. The molecule has 0 fully saturated rings. The van der Waals surface area contributed by atoms with Gasteiger partial charge in [-0.25, -0.2) is 4.68 Å². The van der Waals surface area contributed by atoms with Gasteiger partial charge >= 0.3 is 7.12 Å². The zero-order valence-electron chi connectivity index (χ0n) is 10.4. The molecule has 0 aliphatic carbocycles. The lowest BCUT2D eigenvalue weighted by molar-refractivity contribution is 0.0700. The van der Waals surface area contributed by atoms with Crippen LogP contribution in [0.15, 0.2) is 6.20 Å². The fourth-order valence-electron chi connectivity index (χ4n) is 1.18. The second-order valence-corrected chi connectivity index (χ2v) is 10.7. The molecule has 8 heteroatoms. The Bertz CT molecular complexity index is 368. The second-order valence-electron chi connectivity index (χ2n) is 5.11. The lowest BCUT2D eigenvalue weighted by atomic mass is 9.83. The van der Waals surface area contributed by atoms with Gasteiger partial charge in [0.25, 0.3) is 0 Å². The van der Waals surface area contributed by atoms with E-state index in [4.69, 9.17) is 14.8 Å². The molecule has 0 spiro atoms. The molecule has 0 unspecified atom stereocenters. The fourth-order valence-corrected chi connectivity index (χ4v) is 1.93. The van der Waals surface area contributed by atoms with E-state index in [0.717, 1.165) is 16.9 Å². The quantitative estimate of drug-likeness (QED) is 0.558. The maximum absolute atomic E-state index is 13.5. The summed E-state index contributed by atoms with van der Waals surface area (Å²) in [7, 11) is -2.99. The number of halogens is 1. The highest BCUT2D eigenvalue weighted by Crippen LogP contribution is 2.07. The van der Waals surface area contributed by atoms with E-state index in [2.05, 4.69) is 24.7 Å². The molecule has 5 nitrogen and oxygen atoms in total. The summed E-state index contributed by atoms with van der Waals surface area (Å²) in [6.45, 7) is 7.23. The van der Waals surface area contributed by atoms with Gasteiger partial charge in [-0.2, -0.15) is 9.49 Å². The van der Waals surface area contributed by atoms with E-state index in [0.29, 0.717) is 6.61 Å². The molecule has 0 saturated heterocycles. The average Bonchev–Trinajstić information content (AvgIpc) is 2.53. The van der Waals surface area contributed by atoms with Gasteiger partial charge in [-0.3, -0.25) is 0 Å². The van der Waals surface area contributed by atoms with Crippen LogP contribution in [0.3, 0.4) is 0 Å². The monoisotopic (exact) mass is 260 g/mol. The van der Waals surface area contributed by atoms with Crippen molar-refractivity contribution < 1.29 is 19.2 Å². The van der Waals surface area contributed by atoms with Crippen LogP contribution in [0.2, 0.25) is 25.7 Å². The SMILES string of the molecule is C[Si](C)(C)CCOCn1ncc(B(O)O)c1F. The van der Waals surface area contributed by atoms with Crippen LogP contribution in [-0.4, -0.2) is 41.6 Å². The number of nitrogens with zero attached hydrogens (tertiary/aromatic N) is 2. The van der Waals surface area contributed by atoms with Gasteiger partial charge in [0.2, 0.25) is 5.95 Å². The molecule has 1 rings (SSSR count). The predicted molar refractivity (Wildman–Crippen MR) is 66.1 cm³/mol. The van der Waals surface area contributed by atoms with Crippen molar-refractivity contribution in [2.45, 2.75) is 32.4 Å². The van der Waals surface area contributed by atoms with E-state index in [1.54, 1.807) is 0 Å². The summed E-state index contributed by atoms with van der Waals surface area (Å²) in [4.78, 5) is 0. The molecule has 0 radical (unpaired) electrons.